The third-order valence-corrected chi connectivity index (χ3v) is 1.35. The van der Waals surface area contributed by atoms with Gasteiger partial charge in [-0.25, -0.2) is 5.01 Å². The van der Waals surface area contributed by atoms with E-state index in [1.807, 2.05) is 13.0 Å². The molecule has 2 N–H and O–H groups in total. The van der Waals surface area contributed by atoms with E-state index in [9.17, 15) is 0 Å². The van der Waals surface area contributed by atoms with Crippen LogP contribution in [0.2, 0.25) is 0 Å². The van der Waals surface area contributed by atoms with Crippen LogP contribution >= 0.6 is 0 Å². The minimum absolute atomic E-state index is 0.917. The molecule has 0 fully saturated rings. The minimum atomic E-state index is 0.917. The summed E-state index contributed by atoms with van der Waals surface area (Å²) in [5.74, 6) is 0. The maximum Gasteiger partial charge on any atom is 0.107 e. The summed E-state index contributed by atoms with van der Waals surface area (Å²) in [6.07, 6.45) is 5.78. The molecule has 3 heteroatoms. The number of hydrogen-bond acceptors (Lipinski definition) is 2. The van der Waals surface area contributed by atoms with Crippen LogP contribution < -0.4 is 5.73 Å². The molecule has 0 aromatic carbocycles. The molecule has 0 saturated heterocycles. The highest BCUT2D eigenvalue weighted by atomic mass is 15.4. The van der Waals surface area contributed by atoms with Crippen LogP contribution in [-0.4, -0.2) is 11.3 Å². The van der Waals surface area contributed by atoms with Gasteiger partial charge in [0, 0.05) is 11.9 Å². The first-order chi connectivity index (χ1) is 5.29. The molecule has 0 heterocycles. The SMILES string of the molecule is C=CN(/N=C\N)/C(=C\C)CC. The van der Waals surface area contributed by atoms with E-state index in [1.165, 1.54) is 6.34 Å². The van der Waals surface area contributed by atoms with Gasteiger partial charge in [-0.1, -0.05) is 19.6 Å². The number of hydrogen-bond donors (Lipinski definition) is 1. The van der Waals surface area contributed by atoms with E-state index >= 15 is 0 Å². The number of hydrazone groups is 1. The molecule has 0 saturated carbocycles. The molecule has 0 spiro atoms. The molecule has 0 unspecified atom stereocenters. The van der Waals surface area contributed by atoms with Crippen molar-refractivity contribution in [3.63, 3.8) is 0 Å². The van der Waals surface area contributed by atoms with E-state index in [4.69, 9.17) is 5.73 Å². The maximum absolute atomic E-state index is 5.14. The van der Waals surface area contributed by atoms with Gasteiger partial charge in [-0.3, -0.25) is 0 Å². The molecule has 3 nitrogen and oxygen atoms in total. The van der Waals surface area contributed by atoms with Gasteiger partial charge in [0.25, 0.3) is 0 Å². The Bertz CT molecular complexity index is 170. The first-order valence-electron chi connectivity index (χ1n) is 3.61. The van der Waals surface area contributed by atoms with Crippen molar-refractivity contribution >= 4 is 6.34 Å². The Hall–Kier alpha value is -1.25. The molecule has 11 heavy (non-hydrogen) atoms. The highest BCUT2D eigenvalue weighted by Crippen LogP contribution is 2.08. The summed E-state index contributed by atoms with van der Waals surface area (Å²) in [6.45, 7) is 7.63. The summed E-state index contributed by atoms with van der Waals surface area (Å²) in [7, 11) is 0. The molecule has 0 aliphatic carbocycles. The molecule has 0 atom stereocenters. The number of rotatable bonds is 4. The average Bonchev–Trinajstić information content (AvgIpc) is 2.05. The Morgan fingerprint density at radius 1 is 1.73 bits per heavy atom. The first kappa shape index (κ1) is 9.75. The van der Waals surface area contributed by atoms with Crippen molar-refractivity contribution in [3.8, 4) is 0 Å². The zero-order valence-corrected chi connectivity index (χ0v) is 7.12. The van der Waals surface area contributed by atoms with Crippen LogP contribution in [0.3, 0.4) is 0 Å². The predicted octanol–water partition coefficient (Wildman–Crippen LogP) is 1.65. The second kappa shape index (κ2) is 5.53. The van der Waals surface area contributed by atoms with Gasteiger partial charge in [-0.15, -0.1) is 0 Å². The Labute approximate surface area is 67.9 Å². The van der Waals surface area contributed by atoms with Gasteiger partial charge < -0.3 is 5.73 Å². The highest BCUT2D eigenvalue weighted by molar-refractivity contribution is 5.51. The van der Waals surface area contributed by atoms with E-state index in [1.54, 1.807) is 11.2 Å². The predicted molar refractivity (Wildman–Crippen MR) is 48.8 cm³/mol. The highest BCUT2D eigenvalue weighted by Gasteiger charge is 1.98. The van der Waals surface area contributed by atoms with Crippen molar-refractivity contribution in [2.75, 3.05) is 0 Å². The van der Waals surface area contributed by atoms with Crippen molar-refractivity contribution in [3.05, 3.63) is 24.6 Å². The Morgan fingerprint density at radius 2 is 2.36 bits per heavy atom. The molecule has 0 bridgehead atoms. The van der Waals surface area contributed by atoms with Crippen molar-refractivity contribution in [1.29, 1.82) is 0 Å². The summed E-state index contributed by atoms with van der Waals surface area (Å²) in [4.78, 5) is 0. The number of allylic oxidation sites excluding steroid dienone is 2. The van der Waals surface area contributed by atoms with Crippen LogP contribution in [0.25, 0.3) is 0 Å². The zero-order valence-electron chi connectivity index (χ0n) is 7.12. The van der Waals surface area contributed by atoms with Gasteiger partial charge >= 0.3 is 0 Å². The van der Waals surface area contributed by atoms with Gasteiger partial charge in [0.1, 0.15) is 6.34 Å². The molecule has 0 rings (SSSR count). The fourth-order valence-electron chi connectivity index (χ4n) is 0.809. The number of nitrogens with zero attached hydrogens (tertiary/aromatic N) is 2. The first-order valence-corrected chi connectivity index (χ1v) is 3.61. The molecule has 0 aromatic heterocycles. The van der Waals surface area contributed by atoms with Crippen molar-refractivity contribution in [1.82, 2.24) is 5.01 Å². The quantitative estimate of drug-likeness (QED) is 0.379. The van der Waals surface area contributed by atoms with E-state index in [0.717, 1.165) is 12.1 Å². The number of nitrogens with two attached hydrogens (primary N) is 1. The fraction of sp³-hybridized carbons (Fsp3) is 0.375. The summed E-state index contributed by atoms with van der Waals surface area (Å²) >= 11 is 0. The molecule has 0 amide bonds. The minimum Gasteiger partial charge on any atom is -0.388 e. The van der Waals surface area contributed by atoms with Crippen LogP contribution in [0, 0.1) is 0 Å². The average molecular weight is 153 g/mol. The van der Waals surface area contributed by atoms with E-state index < -0.39 is 0 Å². The summed E-state index contributed by atoms with van der Waals surface area (Å²) in [5, 5.41) is 5.54. The maximum atomic E-state index is 5.14. The van der Waals surface area contributed by atoms with Crippen LogP contribution in [-0.2, 0) is 0 Å². The zero-order chi connectivity index (χ0) is 8.69. The second-order valence-electron chi connectivity index (χ2n) is 1.93. The summed E-state index contributed by atoms with van der Waals surface area (Å²) < 4.78 is 0. The summed E-state index contributed by atoms with van der Waals surface area (Å²) in [5.41, 5.74) is 6.23. The standard InChI is InChI=1S/C8H15N3/c1-4-8(5-2)11(6-3)10-7-9/h4,6-7H,3,5H2,1-2H3,(H2,9,10)/b8-4-. The monoisotopic (exact) mass is 153 g/mol. The van der Waals surface area contributed by atoms with Gasteiger partial charge in [0.15, 0.2) is 0 Å². The van der Waals surface area contributed by atoms with Crippen LogP contribution in [0.4, 0.5) is 0 Å². The van der Waals surface area contributed by atoms with Gasteiger partial charge in [-0.2, -0.15) is 5.10 Å². The lowest BCUT2D eigenvalue weighted by molar-refractivity contribution is 0.483. The van der Waals surface area contributed by atoms with Crippen LogP contribution in [0.15, 0.2) is 29.7 Å². The lowest BCUT2D eigenvalue weighted by atomic mass is 10.3. The third-order valence-electron chi connectivity index (χ3n) is 1.35. The third kappa shape index (κ3) is 2.89. The van der Waals surface area contributed by atoms with Gasteiger partial charge in [0.2, 0.25) is 0 Å². The van der Waals surface area contributed by atoms with E-state index in [0.29, 0.717) is 0 Å². The molecule has 0 aromatic rings. The molecule has 0 aliphatic rings. The van der Waals surface area contributed by atoms with E-state index in [2.05, 4.69) is 18.6 Å². The summed E-state index contributed by atoms with van der Waals surface area (Å²) in [6, 6.07) is 0. The van der Waals surface area contributed by atoms with E-state index in [-0.39, 0.29) is 0 Å². The van der Waals surface area contributed by atoms with Crippen LogP contribution in [0.5, 0.6) is 0 Å². The molecule has 62 valence electrons. The lowest BCUT2D eigenvalue weighted by Crippen LogP contribution is -2.10. The molecule has 0 aliphatic heterocycles. The smallest absolute Gasteiger partial charge is 0.107 e. The Balaban J connectivity index is 4.34. The van der Waals surface area contributed by atoms with Crippen LogP contribution in [0.1, 0.15) is 20.3 Å². The van der Waals surface area contributed by atoms with Crippen molar-refractivity contribution in [2.24, 2.45) is 10.8 Å². The Morgan fingerprint density at radius 3 is 2.64 bits per heavy atom. The molecule has 0 radical (unpaired) electrons. The fourth-order valence-corrected chi connectivity index (χ4v) is 0.809. The van der Waals surface area contributed by atoms with Crippen molar-refractivity contribution in [2.45, 2.75) is 20.3 Å². The Kier molecular flexibility index (Phi) is 4.90. The lowest BCUT2D eigenvalue weighted by Gasteiger charge is -2.14. The largest absolute Gasteiger partial charge is 0.388 e. The van der Waals surface area contributed by atoms with Gasteiger partial charge in [-0.05, 0) is 13.3 Å². The van der Waals surface area contributed by atoms with Gasteiger partial charge in [0.05, 0.1) is 0 Å². The molecular weight excluding hydrogens is 138 g/mol. The normalized spacial score (nSPS) is 12.0. The molecular formula is C8H15N3. The second-order valence-corrected chi connectivity index (χ2v) is 1.93. The topological polar surface area (TPSA) is 41.6 Å². The van der Waals surface area contributed by atoms with Crippen molar-refractivity contribution < 1.29 is 0 Å².